The lowest BCUT2D eigenvalue weighted by molar-refractivity contribution is -0.123. The van der Waals surface area contributed by atoms with Gasteiger partial charge in [0.2, 0.25) is 5.91 Å². The smallest absolute Gasteiger partial charge is 0.220 e. The number of aliphatic hydroxyl groups is 2. The van der Waals surface area contributed by atoms with Crippen LogP contribution in [0, 0.1) is 0 Å². The molecule has 67 heavy (non-hydrogen) atoms. The number of carbonyl (C=O) groups is 1. The van der Waals surface area contributed by atoms with Crippen molar-refractivity contribution >= 4 is 5.91 Å². The van der Waals surface area contributed by atoms with Crippen molar-refractivity contribution in [2.45, 2.75) is 353 Å². The monoisotopic (exact) mass is 940 g/mol. The summed E-state index contributed by atoms with van der Waals surface area (Å²) in [6.07, 6.45) is 80.5. The summed E-state index contributed by atoms with van der Waals surface area (Å²) in [4.78, 5) is 12.5. The topological polar surface area (TPSA) is 69.6 Å². The number of rotatable bonds is 57. The molecule has 1 amide bonds. The summed E-state index contributed by atoms with van der Waals surface area (Å²) in [5.41, 5.74) is 0. The second kappa shape index (κ2) is 58.9. The van der Waals surface area contributed by atoms with Crippen LogP contribution in [0.4, 0.5) is 0 Å². The van der Waals surface area contributed by atoms with E-state index in [0.717, 1.165) is 38.5 Å². The van der Waals surface area contributed by atoms with Crippen LogP contribution in [0.3, 0.4) is 0 Å². The SMILES string of the molecule is CCCCCCCCCCCCCCCCC/C=C/CC/C=C/CC/C=C/C(O)C(CO)NC(=O)CCCCCCCCCCCCCCCCCCCCCCCCCCCCCCCC. The maximum Gasteiger partial charge on any atom is 0.220 e. The fourth-order valence-electron chi connectivity index (χ4n) is 9.69. The van der Waals surface area contributed by atoms with Crippen molar-refractivity contribution in [3.8, 4) is 0 Å². The van der Waals surface area contributed by atoms with Gasteiger partial charge in [-0.1, -0.05) is 326 Å². The predicted molar refractivity (Wildman–Crippen MR) is 299 cm³/mol. The highest BCUT2D eigenvalue weighted by atomic mass is 16.3. The number of aliphatic hydroxyl groups excluding tert-OH is 2. The summed E-state index contributed by atoms with van der Waals surface area (Å²) in [6.45, 7) is 4.34. The minimum absolute atomic E-state index is 0.0708. The second-order valence-corrected chi connectivity index (χ2v) is 21.1. The molecule has 0 aliphatic heterocycles. The normalized spacial score (nSPS) is 13.0. The molecule has 4 nitrogen and oxygen atoms in total. The van der Waals surface area contributed by atoms with Crippen LogP contribution >= 0.6 is 0 Å². The third-order valence-corrected chi connectivity index (χ3v) is 14.4. The first-order chi connectivity index (χ1) is 33.2. The largest absolute Gasteiger partial charge is 0.394 e. The molecule has 0 spiro atoms. The van der Waals surface area contributed by atoms with E-state index in [1.165, 1.54) is 283 Å². The molecule has 396 valence electrons. The lowest BCUT2D eigenvalue weighted by atomic mass is 10.0. The van der Waals surface area contributed by atoms with E-state index in [1.54, 1.807) is 6.08 Å². The molecule has 0 aromatic rings. The van der Waals surface area contributed by atoms with Gasteiger partial charge in [0.15, 0.2) is 0 Å². The highest BCUT2D eigenvalue weighted by Crippen LogP contribution is 2.18. The lowest BCUT2D eigenvalue weighted by Crippen LogP contribution is -2.45. The van der Waals surface area contributed by atoms with Crippen molar-refractivity contribution in [3.05, 3.63) is 36.5 Å². The Hall–Kier alpha value is -1.39. The Morgan fingerprint density at radius 1 is 0.343 bits per heavy atom. The van der Waals surface area contributed by atoms with E-state index >= 15 is 0 Å². The zero-order valence-corrected chi connectivity index (χ0v) is 45.7. The Bertz CT molecular complexity index is 1020. The summed E-state index contributed by atoms with van der Waals surface area (Å²) in [5.74, 6) is -0.0708. The van der Waals surface area contributed by atoms with Gasteiger partial charge in [0.1, 0.15) is 0 Å². The van der Waals surface area contributed by atoms with Crippen LogP contribution < -0.4 is 5.32 Å². The maximum absolute atomic E-state index is 12.5. The van der Waals surface area contributed by atoms with Crippen molar-refractivity contribution in [1.29, 1.82) is 0 Å². The summed E-state index contributed by atoms with van der Waals surface area (Å²) >= 11 is 0. The molecule has 3 N–H and O–H groups in total. The molecule has 0 bridgehead atoms. The molecular formula is C63H121NO3. The van der Waals surface area contributed by atoms with Gasteiger partial charge in [-0.2, -0.15) is 0 Å². The van der Waals surface area contributed by atoms with E-state index in [9.17, 15) is 15.0 Å². The highest BCUT2D eigenvalue weighted by Gasteiger charge is 2.18. The Kier molecular flexibility index (Phi) is 57.7. The number of unbranched alkanes of at least 4 members (excludes halogenated alkanes) is 46. The lowest BCUT2D eigenvalue weighted by Gasteiger charge is -2.19. The van der Waals surface area contributed by atoms with Crippen LogP contribution in [0.5, 0.6) is 0 Å². The molecular weight excluding hydrogens is 819 g/mol. The molecule has 4 heteroatoms. The van der Waals surface area contributed by atoms with Crippen LogP contribution in [-0.2, 0) is 4.79 Å². The maximum atomic E-state index is 12.5. The second-order valence-electron chi connectivity index (χ2n) is 21.1. The van der Waals surface area contributed by atoms with Gasteiger partial charge in [-0.15, -0.1) is 0 Å². The van der Waals surface area contributed by atoms with Crippen molar-refractivity contribution in [2.24, 2.45) is 0 Å². The van der Waals surface area contributed by atoms with Crippen molar-refractivity contribution in [3.63, 3.8) is 0 Å². The van der Waals surface area contributed by atoms with E-state index in [0.29, 0.717) is 6.42 Å². The van der Waals surface area contributed by atoms with E-state index in [2.05, 4.69) is 43.5 Å². The Morgan fingerprint density at radius 2 is 0.582 bits per heavy atom. The van der Waals surface area contributed by atoms with Gasteiger partial charge < -0.3 is 15.5 Å². The molecule has 0 saturated heterocycles. The zero-order valence-electron chi connectivity index (χ0n) is 45.7. The first kappa shape index (κ1) is 65.6. The number of amides is 1. The fraction of sp³-hybridized carbons (Fsp3) is 0.889. The molecule has 0 aliphatic rings. The first-order valence-corrected chi connectivity index (χ1v) is 30.7. The molecule has 0 aromatic carbocycles. The van der Waals surface area contributed by atoms with Gasteiger partial charge in [0.05, 0.1) is 18.8 Å². The first-order valence-electron chi connectivity index (χ1n) is 30.7. The van der Waals surface area contributed by atoms with Crippen LogP contribution in [0.25, 0.3) is 0 Å². The summed E-state index contributed by atoms with van der Waals surface area (Å²) in [6, 6.07) is -0.644. The molecule has 0 aromatic heterocycles. The third-order valence-electron chi connectivity index (χ3n) is 14.4. The van der Waals surface area contributed by atoms with Gasteiger partial charge >= 0.3 is 0 Å². The molecule has 0 heterocycles. The number of hydrogen-bond donors (Lipinski definition) is 3. The number of allylic oxidation sites excluding steroid dienone is 5. The molecule has 0 rings (SSSR count). The molecule has 0 saturated carbocycles. The quantitative estimate of drug-likeness (QED) is 0.0420. The van der Waals surface area contributed by atoms with E-state index in [-0.39, 0.29) is 12.5 Å². The third kappa shape index (κ3) is 55.4. The summed E-state index contributed by atoms with van der Waals surface area (Å²) in [7, 11) is 0. The number of carbonyl (C=O) groups excluding carboxylic acids is 1. The van der Waals surface area contributed by atoms with Gasteiger partial charge in [-0.25, -0.2) is 0 Å². The van der Waals surface area contributed by atoms with Gasteiger partial charge in [0, 0.05) is 6.42 Å². The van der Waals surface area contributed by atoms with E-state index in [1.807, 2.05) is 6.08 Å². The number of hydrogen-bond acceptors (Lipinski definition) is 3. The van der Waals surface area contributed by atoms with Gasteiger partial charge in [0.25, 0.3) is 0 Å². The van der Waals surface area contributed by atoms with Crippen molar-refractivity contribution < 1.29 is 15.0 Å². The zero-order chi connectivity index (χ0) is 48.5. The minimum Gasteiger partial charge on any atom is -0.394 e. The Morgan fingerprint density at radius 3 is 0.866 bits per heavy atom. The fourth-order valence-corrected chi connectivity index (χ4v) is 9.69. The summed E-state index contributed by atoms with van der Waals surface area (Å²) < 4.78 is 0. The van der Waals surface area contributed by atoms with Crippen LogP contribution in [0.2, 0.25) is 0 Å². The molecule has 2 atom stereocenters. The summed E-state index contributed by atoms with van der Waals surface area (Å²) in [5, 5.41) is 23.2. The van der Waals surface area contributed by atoms with Crippen LogP contribution in [-0.4, -0.2) is 34.9 Å². The predicted octanol–water partition coefficient (Wildman–Crippen LogP) is 20.4. The van der Waals surface area contributed by atoms with Gasteiger partial charge in [-0.05, 0) is 44.9 Å². The average molecular weight is 941 g/mol. The molecule has 0 radical (unpaired) electrons. The van der Waals surface area contributed by atoms with Crippen molar-refractivity contribution in [1.82, 2.24) is 5.32 Å². The van der Waals surface area contributed by atoms with E-state index in [4.69, 9.17) is 0 Å². The van der Waals surface area contributed by atoms with Crippen LogP contribution in [0.1, 0.15) is 341 Å². The van der Waals surface area contributed by atoms with Crippen molar-refractivity contribution in [2.75, 3.05) is 6.61 Å². The Balaban J connectivity index is 3.49. The molecule has 2 unspecified atom stereocenters. The Labute approximate surface area is 421 Å². The number of nitrogens with one attached hydrogen (secondary N) is 1. The molecule has 0 aliphatic carbocycles. The highest BCUT2D eigenvalue weighted by molar-refractivity contribution is 5.76. The van der Waals surface area contributed by atoms with Crippen LogP contribution in [0.15, 0.2) is 36.5 Å². The standard InChI is InChI=1S/C63H121NO3/c1-3-5-7-9-11-13-15-17-19-21-23-25-27-29-30-31-32-33-35-37-39-41-43-45-47-49-51-53-55-57-59-63(67)64-61(60-65)62(66)58-56-54-52-50-48-46-44-42-40-38-36-34-28-26-24-22-20-18-16-14-12-10-8-6-4-2/h40,42,48,50,56,58,61-62,65-66H,3-39,41,43-47,49,51-55,57,59-60H2,1-2H3,(H,64,67)/b42-40+,50-48+,58-56+. The van der Waals surface area contributed by atoms with E-state index < -0.39 is 12.1 Å². The molecule has 0 fully saturated rings. The minimum atomic E-state index is -0.869. The van der Waals surface area contributed by atoms with Gasteiger partial charge in [-0.3, -0.25) is 4.79 Å². The average Bonchev–Trinajstić information content (AvgIpc) is 3.33.